The molecule has 1 aliphatic heterocycles. The van der Waals surface area contributed by atoms with Crippen molar-refractivity contribution < 1.29 is 4.79 Å². The van der Waals surface area contributed by atoms with Gasteiger partial charge in [0.15, 0.2) is 0 Å². The van der Waals surface area contributed by atoms with Crippen LogP contribution >= 0.6 is 11.5 Å². The summed E-state index contributed by atoms with van der Waals surface area (Å²) >= 11 is 1.22. The Labute approximate surface area is 134 Å². The molecule has 1 atom stereocenters. The largest absolute Gasteiger partial charge is 0.329 e. The molecule has 0 saturated carbocycles. The Morgan fingerprint density at radius 3 is 3.09 bits per heavy atom. The van der Waals surface area contributed by atoms with E-state index in [4.69, 9.17) is 0 Å². The number of H-pyrrole nitrogens is 1. The summed E-state index contributed by atoms with van der Waals surface area (Å²) in [7, 11) is 0. The van der Waals surface area contributed by atoms with E-state index in [1.807, 2.05) is 18.0 Å². The molecule has 0 unspecified atom stereocenters. The second kappa shape index (κ2) is 6.56. The molecule has 2 aromatic heterocycles. The zero-order valence-corrected chi connectivity index (χ0v) is 13.8. The summed E-state index contributed by atoms with van der Waals surface area (Å²) < 4.78 is 3.99. The number of amides is 1. The Balaban J connectivity index is 1.89. The predicted molar refractivity (Wildman–Crippen MR) is 84.9 cm³/mol. The van der Waals surface area contributed by atoms with Crippen molar-refractivity contribution in [3.63, 3.8) is 0 Å². The number of aromatic amines is 1. The monoisotopic (exact) mass is 319 g/mol. The van der Waals surface area contributed by atoms with Crippen LogP contribution in [0.25, 0.3) is 0 Å². The highest BCUT2D eigenvalue weighted by molar-refractivity contribution is 7.08. The van der Waals surface area contributed by atoms with Gasteiger partial charge < -0.3 is 4.90 Å². The average Bonchev–Trinajstić information content (AvgIpc) is 3.16. The van der Waals surface area contributed by atoms with Gasteiger partial charge in [-0.2, -0.15) is 5.10 Å². The Morgan fingerprint density at radius 1 is 1.50 bits per heavy atom. The number of rotatable bonds is 4. The first-order valence-corrected chi connectivity index (χ1v) is 8.61. The van der Waals surface area contributed by atoms with E-state index in [9.17, 15) is 4.79 Å². The van der Waals surface area contributed by atoms with Crippen molar-refractivity contribution in [3.05, 3.63) is 28.0 Å². The van der Waals surface area contributed by atoms with E-state index in [1.165, 1.54) is 11.5 Å². The van der Waals surface area contributed by atoms with Crippen LogP contribution in [-0.2, 0) is 6.42 Å². The van der Waals surface area contributed by atoms with Gasteiger partial charge in [-0.15, -0.1) is 5.10 Å². The molecule has 7 heteroatoms. The van der Waals surface area contributed by atoms with Crippen molar-refractivity contribution in [1.29, 1.82) is 0 Å². The number of carbonyl (C=O) groups excluding carboxylic acids is 1. The lowest BCUT2D eigenvalue weighted by molar-refractivity contribution is 0.0609. The number of piperidine rings is 1. The fourth-order valence-corrected chi connectivity index (χ4v) is 3.73. The lowest BCUT2D eigenvalue weighted by Gasteiger charge is -2.35. The van der Waals surface area contributed by atoms with Crippen molar-refractivity contribution in [2.45, 2.75) is 52.0 Å². The summed E-state index contributed by atoms with van der Waals surface area (Å²) in [6, 6.07) is 0.0836. The number of nitrogens with one attached hydrogen (secondary N) is 1. The summed E-state index contributed by atoms with van der Waals surface area (Å²) in [5.74, 6) is 0.0668. The van der Waals surface area contributed by atoms with Crippen LogP contribution in [0.1, 0.15) is 65.3 Å². The van der Waals surface area contributed by atoms with E-state index in [0.29, 0.717) is 4.88 Å². The minimum atomic E-state index is 0.0668. The quantitative estimate of drug-likeness (QED) is 0.940. The second-order valence-electron chi connectivity index (χ2n) is 5.78. The highest BCUT2D eigenvalue weighted by Crippen LogP contribution is 2.33. The van der Waals surface area contributed by atoms with Crippen molar-refractivity contribution in [3.8, 4) is 0 Å². The summed E-state index contributed by atoms with van der Waals surface area (Å²) in [6.45, 7) is 4.91. The number of carbonyl (C=O) groups is 1. The van der Waals surface area contributed by atoms with E-state index in [-0.39, 0.29) is 11.9 Å². The molecule has 1 aliphatic rings. The van der Waals surface area contributed by atoms with Crippen LogP contribution in [0.2, 0.25) is 0 Å². The maximum Gasteiger partial charge on any atom is 0.268 e. The molecule has 0 aliphatic carbocycles. The van der Waals surface area contributed by atoms with Crippen LogP contribution in [-0.4, -0.2) is 37.1 Å². The zero-order valence-electron chi connectivity index (χ0n) is 13.0. The van der Waals surface area contributed by atoms with Gasteiger partial charge in [0.2, 0.25) is 0 Å². The van der Waals surface area contributed by atoms with Crippen molar-refractivity contribution in [1.82, 2.24) is 24.7 Å². The predicted octanol–water partition coefficient (Wildman–Crippen LogP) is 2.89. The molecule has 1 fully saturated rings. The van der Waals surface area contributed by atoms with Gasteiger partial charge in [0.05, 0.1) is 23.6 Å². The Kier molecular flexibility index (Phi) is 4.52. The van der Waals surface area contributed by atoms with Gasteiger partial charge >= 0.3 is 0 Å². The fraction of sp³-hybridized carbons (Fsp3) is 0.600. The Bertz CT molecular complexity index is 650. The third-order valence-corrected chi connectivity index (χ3v) is 4.96. The molecule has 2 aromatic rings. The van der Waals surface area contributed by atoms with Crippen LogP contribution in [0.3, 0.4) is 0 Å². The highest BCUT2D eigenvalue weighted by Gasteiger charge is 2.32. The summed E-state index contributed by atoms with van der Waals surface area (Å²) in [4.78, 5) is 15.7. The molecule has 22 heavy (non-hydrogen) atoms. The van der Waals surface area contributed by atoms with E-state index in [1.54, 1.807) is 0 Å². The molecule has 0 radical (unpaired) electrons. The smallest absolute Gasteiger partial charge is 0.268 e. The molecule has 3 rings (SSSR count). The van der Waals surface area contributed by atoms with E-state index >= 15 is 0 Å². The lowest BCUT2D eigenvalue weighted by atomic mass is 9.97. The molecule has 0 spiro atoms. The maximum atomic E-state index is 13.0. The molecular weight excluding hydrogens is 298 g/mol. The molecule has 1 saturated heterocycles. The Morgan fingerprint density at radius 2 is 2.36 bits per heavy atom. The molecule has 6 nitrogen and oxygen atoms in total. The van der Waals surface area contributed by atoms with Gasteiger partial charge in [0.1, 0.15) is 4.88 Å². The summed E-state index contributed by atoms with van der Waals surface area (Å²) in [5.41, 5.74) is 3.01. The molecule has 118 valence electrons. The number of likely N-dealkylation sites (tertiary alicyclic amines) is 1. The molecule has 1 N–H and O–H groups in total. The van der Waals surface area contributed by atoms with Gasteiger partial charge in [-0.05, 0) is 49.7 Å². The van der Waals surface area contributed by atoms with Crippen molar-refractivity contribution >= 4 is 17.4 Å². The maximum absolute atomic E-state index is 13.0. The van der Waals surface area contributed by atoms with Gasteiger partial charge in [0.25, 0.3) is 5.91 Å². The van der Waals surface area contributed by atoms with Gasteiger partial charge in [0, 0.05) is 6.54 Å². The fourth-order valence-electron chi connectivity index (χ4n) is 3.07. The molecule has 3 heterocycles. The molecule has 0 bridgehead atoms. The van der Waals surface area contributed by atoms with Crippen LogP contribution in [0.4, 0.5) is 0 Å². The number of nitrogens with zero attached hydrogens (tertiary/aromatic N) is 4. The van der Waals surface area contributed by atoms with Gasteiger partial charge in [-0.1, -0.05) is 17.8 Å². The zero-order chi connectivity index (χ0) is 15.5. The SMILES string of the molecule is CCCc1nnsc1C(=O)N1CCCC[C@H]1c1[nH]ncc1C. The van der Waals surface area contributed by atoms with Crippen LogP contribution in [0.5, 0.6) is 0 Å². The lowest BCUT2D eigenvalue weighted by Crippen LogP contribution is -2.39. The third kappa shape index (κ3) is 2.77. The second-order valence-corrected chi connectivity index (χ2v) is 6.53. The highest BCUT2D eigenvalue weighted by atomic mass is 32.1. The van der Waals surface area contributed by atoms with Gasteiger partial charge in [-0.25, -0.2) is 0 Å². The van der Waals surface area contributed by atoms with Crippen LogP contribution < -0.4 is 0 Å². The van der Waals surface area contributed by atoms with E-state index < -0.39 is 0 Å². The topological polar surface area (TPSA) is 74.8 Å². The van der Waals surface area contributed by atoms with Gasteiger partial charge in [-0.3, -0.25) is 9.89 Å². The molecule has 0 aromatic carbocycles. The summed E-state index contributed by atoms with van der Waals surface area (Å²) in [6.07, 6.45) is 6.75. The van der Waals surface area contributed by atoms with E-state index in [2.05, 4.69) is 26.7 Å². The standard InChI is InChI=1S/C15H21N5OS/c1-3-6-11-14(22-19-17-11)15(21)20-8-5-4-7-12(20)13-10(2)9-16-18-13/h9,12H,3-8H2,1-2H3,(H,16,18)/t12-/m0/s1. The number of hydrogen-bond donors (Lipinski definition) is 1. The van der Waals surface area contributed by atoms with Crippen molar-refractivity contribution in [2.24, 2.45) is 0 Å². The number of aromatic nitrogens is 4. The average molecular weight is 319 g/mol. The number of aryl methyl sites for hydroxylation is 2. The minimum absolute atomic E-state index is 0.0668. The van der Waals surface area contributed by atoms with Crippen LogP contribution in [0, 0.1) is 6.92 Å². The first kappa shape index (κ1) is 15.1. The van der Waals surface area contributed by atoms with Crippen molar-refractivity contribution in [2.75, 3.05) is 6.54 Å². The normalized spacial score (nSPS) is 18.6. The molecule has 1 amide bonds. The minimum Gasteiger partial charge on any atom is -0.329 e. The first-order chi connectivity index (χ1) is 10.7. The molecular formula is C15H21N5OS. The Hall–Kier alpha value is -1.76. The summed E-state index contributed by atoms with van der Waals surface area (Å²) in [5, 5.41) is 11.3. The third-order valence-electron chi connectivity index (χ3n) is 4.20. The number of hydrogen-bond acceptors (Lipinski definition) is 5. The van der Waals surface area contributed by atoms with E-state index in [0.717, 1.165) is 55.6 Å². The van der Waals surface area contributed by atoms with Crippen LogP contribution in [0.15, 0.2) is 6.20 Å². The first-order valence-electron chi connectivity index (χ1n) is 7.84.